The number of aliphatic hydroxyl groups is 1. The van der Waals surface area contributed by atoms with Gasteiger partial charge in [-0.3, -0.25) is 0 Å². The van der Waals surface area contributed by atoms with E-state index in [1.54, 1.807) is 0 Å². The first kappa shape index (κ1) is 12.4. The van der Waals surface area contributed by atoms with E-state index in [1.165, 1.54) is 38.0 Å². The van der Waals surface area contributed by atoms with Crippen molar-refractivity contribution in [1.29, 1.82) is 0 Å². The minimum absolute atomic E-state index is 0.0434. The Morgan fingerprint density at radius 1 is 1.08 bits per heavy atom. The van der Waals surface area contributed by atoms with Crippen LogP contribution < -0.4 is 0 Å². The van der Waals surface area contributed by atoms with Gasteiger partial charge in [0, 0.05) is 0 Å². The highest BCUT2D eigenvalue weighted by Gasteiger charge is 2.11. The van der Waals surface area contributed by atoms with E-state index in [0.29, 0.717) is 0 Å². The maximum absolute atomic E-state index is 9.49. The molecule has 0 amide bonds. The number of rotatable bonds is 7. The molecule has 0 aliphatic heterocycles. The molecule has 0 aromatic carbocycles. The second-order valence-electron chi connectivity index (χ2n) is 3.37. The zero-order chi connectivity index (χ0) is 9.40. The van der Waals surface area contributed by atoms with E-state index >= 15 is 0 Å². The van der Waals surface area contributed by atoms with Crippen LogP contribution in [0.5, 0.6) is 0 Å². The van der Waals surface area contributed by atoms with Gasteiger partial charge >= 0.3 is 0 Å². The van der Waals surface area contributed by atoms with Crippen molar-refractivity contribution < 1.29 is 5.11 Å². The molecule has 0 rings (SSSR count). The molecule has 74 valence electrons. The van der Waals surface area contributed by atoms with Gasteiger partial charge in [-0.15, -0.1) is 0 Å². The van der Waals surface area contributed by atoms with E-state index in [4.69, 9.17) is 0 Å². The lowest BCUT2D eigenvalue weighted by Gasteiger charge is -2.19. The highest BCUT2D eigenvalue weighted by atomic mass is 31.1. The molecular weight excluding hydrogens is 167 g/mol. The number of hydrogen-bond acceptors (Lipinski definition) is 1. The Hall–Kier alpha value is 0.390. The van der Waals surface area contributed by atoms with E-state index in [1.807, 2.05) is 6.92 Å². The van der Waals surface area contributed by atoms with Crippen LogP contribution in [0.1, 0.15) is 46.5 Å². The Morgan fingerprint density at radius 2 is 1.50 bits per heavy atom. The van der Waals surface area contributed by atoms with Gasteiger partial charge in [0.1, 0.15) is 0 Å². The fraction of sp³-hybridized carbons (Fsp3) is 1.00. The third-order valence-electron chi connectivity index (χ3n) is 2.13. The van der Waals surface area contributed by atoms with Crippen LogP contribution in [0.15, 0.2) is 0 Å². The summed E-state index contributed by atoms with van der Waals surface area (Å²) >= 11 is 0. The van der Waals surface area contributed by atoms with Crippen molar-refractivity contribution in [3.63, 3.8) is 0 Å². The lowest BCUT2D eigenvalue weighted by molar-refractivity contribution is 0.277. The summed E-state index contributed by atoms with van der Waals surface area (Å²) in [5.74, 6) is -0.0434. The molecule has 0 radical (unpaired) electrons. The third-order valence-corrected chi connectivity index (χ3v) is 4.96. The zero-order valence-electron chi connectivity index (χ0n) is 8.71. The van der Waals surface area contributed by atoms with Crippen LogP contribution in [0, 0.1) is 0 Å². The van der Waals surface area contributed by atoms with E-state index in [2.05, 4.69) is 13.8 Å². The van der Waals surface area contributed by atoms with Crippen LogP contribution in [-0.2, 0) is 0 Å². The van der Waals surface area contributed by atoms with Crippen molar-refractivity contribution in [2.24, 2.45) is 0 Å². The quantitative estimate of drug-likeness (QED) is 0.610. The summed E-state index contributed by atoms with van der Waals surface area (Å²) < 4.78 is 0. The Balaban J connectivity index is 3.55. The summed E-state index contributed by atoms with van der Waals surface area (Å²) in [4.78, 5) is 0. The number of unbranched alkanes of at least 4 members (excludes halogenated alkanes) is 2. The molecule has 1 unspecified atom stereocenters. The first-order chi connectivity index (χ1) is 5.72. The van der Waals surface area contributed by atoms with E-state index in [9.17, 15) is 5.11 Å². The van der Waals surface area contributed by atoms with Gasteiger partial charge < -0.3 is 5.11 Å². The Morgan fingerprint density at radius 3 is 1.75 bits per heavy atom. The molecule has 1 nitrogen and oxygen atoms in total. The second-order valence-corrected chi connectivity index (χ2v) is 6.19. The minimum atomic E-state index is -0.0759. The van der Waals surface area contributed by atoms with Crippen molar-refractivity contribution >= 4 is 7.92 Å². The second kappa shape index (κ2) is 8.01. The van der Waals surface area contributed by atoms with Gasteiger partial charge in [0.25, 0.3) is 0 Å². The monoisotopic (exact) mass is 190 g/mol. The van der Waals surface area contributed by atoms with Gasteiger partial charge in [0.05, 0.1) is 5.85 Å². The summed E-state index contributed by atoms with van der Waals surface area (Å²) in [5.41, 5.74) is 0. The fourth-order valence-corrected chi connectivity index (χ4v) is 3.62. The van der Waals surface area contributed by atoms with Crippen LogP contribution in [0.4, 0.5) is 0 Å². The molecule has 1 atom stereocenters. The van der Waals surface area contributed by atoms with Crippen LogP contribution in [0.3, 0.4) is 0 Å². The van der Waals surface area contributed by atoms with E-state index < -0.39 is 0 Å². The lowest BCUT2D eigenvalue weighted by Crippen LogP contribution is -2.04. The van der Waals surface area contributed by atoms with Crippen molar-refractivity contribution in [2.45, 2.75) is 52.3 Å². The maximum Gasteiger partial charge on any atom is 0.0702 e. The molecule has 0 aliphatic rings. The maximum atomic E-state index is 9.49. The predicted molar refractivity (Wildman–Crippen MR) is 58.2 cm³/mol. The van der Waals surface area contributed by atoms with Crippen LogP contribution in [0.2, 0.25) is 0 Å². The molecule has 0 aromatic rings. The Bertz CT molecular complexity index is 85.8. The summed E-state index contributed by atoms with van der Waals surface area (Å²) in [6.07, 6.45) is 7.64. The average Bonchev–Trinajstić information content (AvgIpc) is 2.04. The van der Waals surface area contributed by atoms with E-state index in [0.717, 1.165) is 0 Å². The molecule has 0 saturated carbocycles. The lowest BCUT2D eigenvalue weighted by atomic mass is 10.4. The van der Waals surface area contributed by atoms with Crippen molar-refractivity contribution in [3.05, 3.63) is 0 Å². The number of hydrogen-bond donors (Lipinski definition) is 1. The normalized spacial score (nSPS) is 13.8. The van der Waals surface area contributed by atoms with Crippen LogP contribution in [-0.4, -0.2) is 23.3 Å². The van der Waals surface area contributed by atoms with Crippen LogP contribution in [0.25, 0.3) is 0 Å². The standard InChI is InChI=1S/C10H23OP/c1-4-6-8-12(10(3)11)9-7-5-2/h10-11H,4-9H2,1-3H3. The van der Waals surface area contributed by atoms with Crippen molar-refractivity contribution in [1.82, 2.24) is 0 Å². The molecule has 0 saturated heterocycles. The molecule has 2 heteroatoms. The van der Waals surface area contributed by atoms with Gasteiger partial charge in [0.2, 0.25) is 0 Å². The molecule has 0 aromatic heterocycles. The first-order valence-electron chi connectivity index (χ1n) is 5.14. The summed E-state index contributed by atoms with van der Waals surface area (Å²) in [6.45, 7) is 6.39. The van der Waals surface area contributed by atoms with Crippen molar-refractivity contribution in [2.75, 3.05) is 12.3 Å². The largest absolute Gasteiger partial charge is 0.389 e. The zero-order valence-corrected chi connectivity index (χ0v) is 9.61. The molecule has 0 fully saturated rings. The summed E-state index contributed by atoms with van der Waals surface area (Å²) in [7, 11) is -0.0759. The first-order valence-corrected chi connectivity index (χ1v) is 6.92. The topological polar surface area (TPSA) is 20.2 Å². The fourth-order valence-electron chi connectivity index (χ4n) is 1.21. The van der Waals surface area contributed by atoms with Gasteiger partial charge in [-0.1, -0.05) is 34.6 Å². The Kier molecular flexibility index (Phi) is 8.27. The molecule has 0 heterocycles. The van der Waals surface area contributed by atoms with Gasteiger partial charge in [-0.25, -0.2) is 0 Å². The number of aliphatic hydroxyl groups excluding tert-OH is 1. The molecular formula is C10H23OP. The van der Waals surface area contributed by atoms with Crippen molar-refractivity contribution in [3.8, 4) is 0 Å². The minimum Gasteiger partial charge on any atom is -0.389 e. The van der Waals surface area contributed by atoms with E-state index in [-0.39, 0.29) is 13.8 Å². The van der Waals surface area contributed by atoms with Gasteiger partial charge in [0.15, 0.2) is 0 Å². The third kappa shape index (κ3) is 5.97. The summed E-state index contributed by atoms with van der Waals surface area (Å²) in [6, 6.07) is 0. The molecule has 0 aliphatic carbocycles. The molecule has 0 bridgehead atoms. The van der Waals surface area contributed by atoms with Gasteiger partial charge in [-0.2, -0.15) is 0 Å². The molecule has 12 heavy (non-hydrogen) atoms. The molecule has 0 spiro atoms. The van der Waals surface area contributed by atoms with Crippen LogP contribution >= 0.6 is 7.92 Å². The smallest absolute Gasteiger partial charge is 0.0702 e. The molecule has 1 N–H and O–H groups in total. The highest BCUT2D eigenvalue weighted by molar-refractivity contribution is 7.58. The predicted octanol–water partition coefficient (Wildman–Crippen LogP) is 3.41. The Labute approximate surface area is 78.3 Å². The SMILES string of the molecule is CCCCP(CCCC)C(C)O. The average molecular weight is 190 g/mol. The summed E-state index contributed by atoms with van der Waals surface area (Å²) in [5, 5.41) is 9.49. The van der Waals surface area contributed by atoms with Gasteiger partial charge in [-0.05, 0) is 32.1 Å². The highest BCUT2D eigenvalue weighted by Crippen LogP contribution is 2.41.